The molecule has 182 valence electrons. The van der Waals surface area contributed by atoms with Crippen molar-refractivity contribution in [1.82, 2.24) is 9.97 Å². The second kappa shape index (κ2) is 9.94. The lowest BCUT2D eigenvalue weighted by atomic mass is 10.1. The Morgan fingerprint density at radius 3 is 2.41 bits per heavy atom. The van der Waals surface area contributed by atoms with E-state index in [1.54, 1.807) is 6.92 Å². The van der Waals surface area contributed by atoms with Crippen LogP contribution in [0.25, 0.3) is 11.3 Å². The van der Waals surface area contributed by atoms with Crippen molar-refractivity contribution >= 4 is 29.1 Å². The number of aliphatic hydroxyl groups is 1. The van der Waals surface area contributed by atoms with Gasteiger partial charge >= 0.3 is 12.5 Å². The van der Waals surface area contributed by atoms with Gasteiger partial charge in [0, 0.05) is 23.4 Å². The zero-order chi connectivity index (χ0) is 25.1. The second-order valence-electron chi connectivity index (χ2n) is 7.08. The summed E-state index contributed by atoms with van der Waals surface area (Å²) in [5, 5.41) is 14.3. The third-order valence-corrected chi connectivity index (χ3v) is 4.61. The first-order chi connectivity index (χ1) is 15.8. The van der Waals surface area contributed by atoms with Crippen LogP contribution >= 0.6 is 11.6 Å². The van der Waals surface area contributed by atoms with Crippen LogP contribution in [0, 0.1) is 0 Å². The Hall–Kier alpha value is -3.25. The minimum atomic E-state index is -4.90. The van der Waals surface area contributed by atoms with Gasteiger partial charge in [0.2, 0.25) is 5.95 Å². The van der Waals surface area contributed by atoms with E-state index >= 15 is 0 Å². The van der Waals surface area contributed by atoms with Gasteiger partial charge in [-0.05, 0) is 37.3 Å². The molecule has 0 bridgehead atoms. The van der Waals surface area contributed by atoms with E-state index in [9.17, 15) is 31.4 Å². The van der Waals surface area contributed by atoms with Gasteiger partial charge in [-0.25, -0.2) is 4.98 Å². The summed E-state index contributed by atoms with van der Waals surface area (Å²) in [7, 11) is 0. The molecule has 1 heterocycles. The van der Waals surface area contributed by atoms with Crippen LogP contribution < -0.4 is 15.4 Å². The summed E-state index contributed by atoms with van der Waals surface area (Å²) in [6.45, 7) is 1.34. The number of nitrogens with one attached hydrogen (secondary N) is 2. The zero-order valence-corrected chi connectivity index (χ0v) is 18.1. The lowest BCUT2D eigenvalue weighted by Gasteiger charge is -2.16. The minimum absolute atomic E-state index is 0.0108. The molecule has 2 aromatic carbocycles. The van der Waals surface area contributed by atoms with Crippen LogP contribution in [0.5, 0.6) is 5.75 Å². The quantitative estimate of drug-likeness (QED) is 0.329. The number of halogens is 7. The van der Waals surface area contributed by atoms with Gasteiger partial charge in [0.05, 0.1) is 22.9 Å². The van der Waals surface area contributed by atoms with Gasteiger partial charge < -0.3 is 20.5 Å². The molecule has 0 spiro atoms. The number of hydrogen-bond acceptors (Lipinski definition) is 6. The fourth-order valence-electron chi connectivity index (χ4n) is 2.81. The molecule has 0 saturated heterocycles. The highest BCUT2D eigenvalue weighted by Crippen LogP contribution is 2.37. The van der Waals surface area contributed by atoms with Gasteiger partial charge in [0.25, 0.3) is 0 Å². The zero-order valence-electron chi connectivity index (χ0n) is 17.3. The Morgan fingerprint density at radius 2 is 1.76 bits per heavy atom. The highest BCUT2D eigenvalue weighted by molar-refractivity contribution is 6.31. The van der Waals surface area contributed by atoms with E-state index in [1.807, 2.05) is 0 Å². The number of alkyl halides is 6. The van der Waals surface area contributed by atoms with E-state index < -0.39 is 34.9 Å². The van der Waals surface area contributed by atoms with E-state index in [1.165, 1.54) is 24.3 Å². The van der Waals surface area contributed by atoms with Crippen LogP contribution in [0.2, 0.25) is 5.02 Å². The molecular formula is C21H17ClF6N4O2. The fourth-order valence-corrected chi connectivity index (χ4v) is 3.04. The molecule has 1 aromatic heterocycles. The van der Waals surface area contributed by atoms with Gasteiger partial charge in [0.15, 0.2) is 0 Å². The summed E-state index contributed by atoms with van der Waals surface area (Å²) in [4.78, 5) is 8.40. The Labute approximate surface area is 194 Å². The number of hydrogen-bond donors (Lipinski definition) is 3. The van der Waals surface area contributed by atoms with Crippen molar-refractivity contribution < 1.29 is 36.2 Å². The van der Waals surface area contributed by atoms with E-state index in [4.69, 9.17) is 11.6 Å². The SMILES string of the molecule is C[C@@H](CO)Nc1nc(Nc2ccc(Cl)c(C(F)(F)F)c2)cc(-c2cccc(OC(F)(F)F)c2)n1. The highest BCUT2D eigenvalue weighted by atomic mass is 35.5. The van der Waals surface area contributed by atoms with Crippen LogP contribution in [-0.2, 0) is 6.18 Å². The first kappa shape index (κ1) is 25.4. The van der Waals surface area contributed by atoms with Gasteiger partial charge in [-0.15, -0.1) is 13.2 Å². The van der Waals surface area contributed by atoms with Crippen LogP contribution in [0.1, 0.15) is 12.5 Å². The monoisotopic (exact) mass is 506 g/mol. The van der Waals surface area contributed by atoms with Crippen molar-refractivity contribution in [3.63, 3.8) is 0 Å². The van der Waals surface area contributed by atoms with E-state index in [-0.39, 0.29) is 35.3 Å². The van der Waals surface area contributed by atoms with Crippen molar-refractivity contribution in [2.45, 2.75) is 25.5 Å². The first-order valence-electron chi connectivity index (χ1n) is 9.60. The van der Waals surface area contributed by atoms with Crippen molar-refractivity contribution in [1.29, 1.82) is 0 Å². The molecule has 0 radical (unpaired) electrons. The third-order valence-electron chi connectivity index (χ3n) is 4.28. The standard InChI is InChI=1S/C21H17ClF6N4O2/c1-11(10-33)29-19-31-17(12-3-2-4-14(7-12)34-21(26,27)28)9-18(32-19)30-13-5-6-16(22)15(8-13)20(23,24)25/h2-9,11,33H,10H2,1H3,(H2,29,30,31,32)/t11-/m0/s1. The van der Waals surface area contributed by atoms with Gasteiger partial charge in [0.1, 0.15) is 11.6 Å². The maximum atomic E-state index is 13.2. The molecule has 3 N–H and O–H groups in total. The average Bonchev–Trinajstić information content (AvgIpc) is 2.73. The molecule has 3 rings (SSSR count). The number of ether oxygens (including phenoxy) is 1. The number of benzene rings is 2. The third kappa shape index (κ3) is 6.87. The van der Waals surface area contributed by atoms with Crippen LogP contribution in [0.15, 0.2) is 48.5 Å². The van der Waals surface area contributed by atoms with Crippen molar-refractivity contribution in [3.05, 3.63) is 59.1 Å². The second-order valence-corrected chi connectivity index (χ2v) is 7.49. The van der Waals surface area contributed by atoms with Crippen molar-refractivity contribution in [3.8, 4) is 17.0 Å². The Bertz CT molecular complexity index is 1160. The van der Waals surface area contributed by atoms with Gasteiger partial charge in [-0.1, -0.05) is 23.7 Å². The topological polar surface area (TPSA) is 79.3 Å². The summed E-state index contributed by atoms with van der Waals surface area (Å²) < 4.78 is 81.3. The van der Waals surface area contributed by atoms with Crippen LogP contribution in [0.3, 0.4) is 0 Å². The number of rotatable bonds is 7. The first-order valence-corrected chi connectivity index (χ1v) is 9.98. The molecule has 0 saturated carbocycles. The lowest BCUT2D eigenvalue weighted by molar-refractivity contribution is -0.274. The smallest absolute Gasteiger partial charge is 0.406 e. The maximum Gasteiger partial charge on any atom is 0.573 e. The Kier molecular flexibility index (Phi) is 7.41. The molecule has 13 heteroatoms. The van der Waals surface area contributed by atoms with Crippen LogP contribution in [0.4, 0.5) is 43.8 Å². The molecule has 0 aliphatic heterocycles. The molecule has 0 aliphatic carbocycles. The summed E-state index contributed by atoms with van der Waals surface area (Å²) >= 11 is 5.65. The average molecular weight is 507 g/mol. The maximum absolute atomic E-state index is 13.2. The predicted octanol–water partition coefficient (Wildman–Crippen LogP) is 6.25. The molecule has 34 heavy (non-hydrogen) atoms. The molecule has 6 nitrogen and oxygen atoms in total. The number of anilines is 3. The summed E-state index contributed by atoms with van der Waals surface area (Å²) in [5.74, 6) is -0.465. The summed E-state index contributed by atoms with van der Waals surface area (Å²) in [5.41, 5.74) is -0.684. The minimum Gasteiger partial charge on any atom is -0.406 e. The Morgan fingerprint density at radius 1 is 1.03 bits per heavy atom. The summed E-state index contributed by atoms with van der Waals surface area (Å²) in [6.07, 6.45) is -9.58. The van der Waals surface area contributed by atoms with Gasteiger partial charge in [-0.2, -0.15) is 18.2 Å². The van der Waals surface area contributed by atoms with E-state index in [0.29, 0.717) is 0 Å². The molecule has 0 amide bonds. The lowest BCUT2D eigenvalue weighted by Crippen LogP contribution is -2.21. The largest absolute Gasteiger partial charge is 0.573 e. The highest BCUT2D eigenvalue weighted by Gasteiger charge is 2.33. The van der Waals surface area contributed by atoms with Crippen LogP contribution in [-0.4, -0.2) is 34.1 Å². The fraction of sp³-hybridized carbons (Fsp3) is 0.238. The number of nitrogens with zero attached hydrogens (tertiary/aromatic N) is 2. The molecular weight excluding hydrogens is 490 g/mol. The predicted molar refractivity (Wildman–Crippen MR) is 114 cm³/mol. The van der Waals surface area contributed by atoms with E-state index in [0.717, 1.165) is 24.3 Å². The normalized spacial score (nSPS) is 12.9. The van der Waals surface area contributed by atoms with Crippen molar-refractivity contribution in [2.75, 3.05) is 17.2 Å². The molecule has 0 unspecified atom stereocenters. The van der Waals surface area contributed by atoms with Gasteiger partial charge in [-0.3, -0.25) is 0 Å². The number of aromatic nitrogens is 2. The molecule has 0 fully saturated rings. The van der Waals surface area contributed by atoms with E-state index in [2.05, 4.69) is 25.3 Å². The molecule has 1 atom stereocenters. The summed E-state index contributed by atoms with van der Waals surface area (Å²) in [6, 6.07) is 9.02. The molecule has 3 aromatic rings. The Balaban J connectivity index is 2.01. The van der Waals surface area contributed by atoms with Crippen molar-refractivity contribution in [2.24, 2.45) is 0 Å². The molecule has 0 aliphatic rings. The number of aliphatic hydroxyl groups excluding tert-OH is 1.